The van der Waals surface area contributed by atoms with E-state index in [-0.39, 0.29) is 6.04 Å². The predicted octanol–water partition coefficient (Wildman–Crippen LogP) is 1.08. The van der Waals surface area contributed by atoms with Crippen LogP contribution in [0.2, 0.25) is 0 Å². The second kappa shape index (κ2) is 9.95. The number of aryl methyl sites for hydroxylation is 1. The van der Waals surface area contributed by atoms with Crippen LogP contribution in [-0.2, 0) is 14.3 Å². The van der Waals surface area contributed by atoms with E-state index < -0.39 is 11.8 Å². The van der Waals surface area contributed by atoms with Gasteiger partial charge >= 0.3 is 11.8 Å². The van der Waals surface area contributed by atoms with E-state index in [1.807, 2.05) is 44.2 Å². The molecule has 1 saturated heterocycles. The molecular formula is C22H27N4O3+. The van der Waals surface area contributed by atoms with Crippen LogP contribution >= 0.6 is 0 Å². The average Bonchev–Trinajstić information content (AvgIpc) is 2.75. The maximum atomic E-state index is 12.2. The summed E-state index contributed by atoms with van der Waals surface area (Å²) in [7, 11) is 0. The summed E-state index contributed by atoms with van der Waals surface area (Å²) in [5.41, 5.74) is 5.89. The van der Waals surface area contributed by atoms with E-state index in [2.05, 4.69) is 28.0 Å². The van der Waals surface area contributed by atoms with Crippen LogP contribution in [0.5, 0.6) is 0 Å². The average molecular weight is 395 g/mol. The number of nitrogens with zero attached hydrogens (tertiary/aromatic N) is 1. The lowest BCUT2D eigenvalue weighted by Gasteiger charge is -2.31. The molecule has 1 fully saturated rings. The fraction of sp³-hybridized carbons (Fsp3) is 0.318. The fourth-order valence-corrected chi connectivity index (χ4v) is 3.42. The molecular weight excluding hydrogens is 368 g/mol. The number of hydrogen-bond donors (Lipinski definition) is 3. The van der Waals surface area contributed by atoms with Gasteiger partial charge < -0.3 is 15.0 Å². The fourth-order valence-electron chi connectivity index (χ4n) is 3.42. The minimum Gasteiger partial charge on any atom is -0.370 e. The molecule has 1 aliphatic heterocycles. The van der Waals surface area contributed by atoms with Crippen molar-refractivity contribution in [3.05, 3.63) is 65.7 Å². The smallest absolute Gasteiger partial charge is 0.329 e. The van der Waals surface area contributed by atoms with Crippen molar-refractivity contribution in [3.8, 4) is 0 Å². The molecule has 7 nitrogen and oxygen atoms in total. The predicted molar refractivity (Wildman–Crippen MR) is 112 cm³/mol. The Kier molecular flexibility index (Phi) is 7.10. The molecule has 29 heavy (non-hydrogen) atoms. The molecule has 1 heterocycles. The maximum absolute atomic E-state index is 12.2. The zero-order chi connectivity index (χ0) is 20.6. The van der Waals surface area contributed by atoms with Gasteiger partial charge in [0.05, 0.1) is 18.9 Å². The van der Waals surface area contributed by atoms with E-state index in [1.54, 1.807) is 12.1 Å². The topological polar surface area (TPSA) is 84.2 Å². The number of anilines is 1. The highest BCUT2D eigenvalue weighted by Gasteiger charge is 2.29. The minimum atomic E-state index is -0.797. The molecule has 3 rings (SSSR count). The number of rotatable bonds is 5. The second-order valence-corrected chi connectivity index (χ2v) is 7.13. The highest BCUT2D eigenvalue weighted by Crippen LogP contribution is 2.12. The highest BCUT2D eigenvalue weighted by molar-refractivity contribution is 6.39. The molecule has 2 aromatic carbocycles. The lowest BCUT2D eigenvalue weighted by molar-refractivity contribution is -0.928. The van der Waals surface area contributed by atoms with Crippen molar-refractivity contribution in [2.75, 3.05) is 31.6 Å². The van der Waals surface area contributed by atoms with Gasteiger partial charge in [-0.3, -0.25) is 9.59 Å². The Morgan fingerprint density at radius 1 is 1.00 bits per heavy atom. The SMILES string of the molecule is C/C(=N/NC(=O)C(=O)Nc1ccc(C)cc1)[C@@H](c1ccccc1)[NH+]1CCOCC1. The third-order valence-corrected chi connectivity index (χ3v) is 4.94. The van der Waals surface area contributed by atoms with Crippen LogP contribution < -0.4 is 15.6 Å². The van der Waals surface area contributed by atoms with E-state index in [4.69, 9.17) is 4.74 Å². The third-order valence-electron chi connectivity index (χ3n) is 4.94. The summed E-state index contributed by atoms with van der Waals surface area (Å²) in [6, 6.07) is 17.3. The van der Waals surface area contributed by atoms with Crippen molar-refractivity contribution in [3.63, 3.8) is 0 Å². The Bertz CT molecular complexity index is 859. The summed E-state index contributed by atoms with van der Waals surface area (Å²) < 4.78 is 5.48. The van der Waals surface area contributed by atoms with E-state index >= 15 is 0 Å². The maximum Gasteiger partial charge on any atom is 0.329 e. The number of amides is 2. The summed E-state index contributed by atoms with van der Waals surface area (Å²) in [5.74, 6) is -1.55. The number of hydrazone groups is 1. The largest absolute Gasteiger partial charge is 0.370 e. The normalized spacial score (nSPS) is 16.1. The zero-order valence-corrected chi connectivity index (χ0v) is 16.8. The van der Waals surface area contributed by atoms with Gasteiger partial charge in [0.15, 0.2) is 6.04 Å². The van der Waals surface area contributed by atoms with Crippen molar-refractivity contribution in [1.29, 1.82) is 0 Å². The third kappa shape index (κ3) is 5.73. The molecule has 1 aliphatic rings. The first-order valence-corrected chi connectivity index (χ1v) is 9.74. The Balaban J connectivity index is 1.68. The first kappa shape index (κ1) is 20.7. The van der Waals surface area contributed by atoms with Crippen molar-refractivity contribution < 1.29 is 19.2 Å². The van der Waals surface area contributed by atoms with Gasteiger partial charge in [-0.25, -0.2) is 5.43 Å². The van der Waals surface area contributed by atoms with Gasteiger partial charge in [-0.05, 0) is 26.0 Å². The molecule has 0 aromatic heterocycles. The van der Waals surface area contributed by atoms with Crippen molar-refractivity contribution in [2.24, 2.45) is 5.10 Å². The van der Waals surface area contributed by atoms with Crippen LogP contribution in [0.15, 0.2) is 59.7 Å². The number of morpholine rings is 1. The first-order chi connectivity index (χ1) is 14.0. The minimum absolute atomic E-state index is 0.0134. The molecule has 1 atom stereocenters. The quantitative estimate of drug-likeness (QED) is 0.402. The van der Waals surface area contributed by atoms with Crippen LogP contribution in [0, 0.1) is 6.92 Å². The van der Waals surface area contributed by atoms with E-state index in [9.17, 15) is 9.59 Å². The van der Waals surface area contributed by atoms with Crippen LogP contribution in [-0.4, -0.2) is 43.8 Å². The first-order valence-electron chi connectivity index (χ1n) is 9.74. The number of hydrogen-bond acceptors (Lipinski definition) is 4. The summed E-state index contributed by atoms with van der Waals surface area (Å²) >= 11 is 0. The Morgan fingerprint density at radius 3 is 2.31 bits per heavy atom. The Morgan fingerprint density at radius 2 is 1.66 bits per heavy atom. The van der Waals surface area contributed by atoms with Gasteiger partial charge in [0, 0.05) is 11.3 Å². The number of carbonyl (C=O) groups excluding carboxylic acids is 2. The van der Waals surface area contributed by atoms with Gasteiger partial charge in [0.2, 0.25) is 0 Å². The molecule has 3 N–H and O–H groups in total. The molecule has 7 heteroatoms. The summed E-state index contributed by atoms with van der Waals surface area (Å²) in [6.45, 7) is 6.92. The van der Waals surface area contributed by atoms with Gasteiger partial charge in [0.1, 0.15) is 13.1 Å². The standard InChI is InChI=1S/C22H26N4O3/c1-16-8-10-19(11-9-16)23-21(27)22(28)25-24-17(2)20(18-6-4-3-5-7-18)26-12-14-29-15-13-26/h3-11,20H,12-15H2,1-2H3,(H,23,27)(H,25,28)/p+1/b24-17-/t20-/m0/s1. The molecule has 0 aliphatic carbocycles. The molecule has 152 valence electrons. The highest BCUT2D eigenvalue weighted by atomic mass is 16.5. The molecule has 0 spiro atoms. The van der Waals surface area contributed by atoms with Crippen LogP contribution in [0.25, 0.3) is 0 Å². The van der Waals surface area contributed by atoms with Crippen molar-refractivity contribution in [2.45, 2.75) is 19.9 Å². The molecule has 0 unspecified atom stereocenters. The summed E-state index contributed by atoms with van der Waals surface area (Å²) in [5, 5.41) is 6.82. The van der Waals surface area contributed by atoms with Crippen LogP contribution in [0.1, 0.15) is 24.1 Å². The zero-order valence-electron chi connectivity index (χ0n) is 16.8. The lowest BCUT2D eigenvalue weighted by Crippen LogP contribution is -3.15. The molecule has 2 amide bonds. The van der Waals surface area contributed by atoms with Crippen molar-refractivity contribution >= 4 is 23.2 Å². The van der Waals surface area contributed by atoms with E-state index in [0.29, 0.717) is 18.9 Å². The van der Waals surface area contributed by atoms with Gasteiger partial charge in [-0.2, -0.15) is 5.10 Å². The lowest BCUT2D eigenvalue weighted by atomic mass is 10.0. The Hall–Kier alpha value is -3.03. The number of ether oxygens (including phenoxy) is 1. The molecule has 0 radical (unpaired) electrons. The molecule has 0 bridgehead atoms. The summed E-state index contributed by atoms with van der Waals surface area (Å²) in [4.78, 5) is 25.7. The van der Waals surface area contributed by atoms with Gasteiger partial charge in [0.25, 0.3) is 0 Å². The Labute approximate surface area is 170 Å². The number of benzene rings is 2. The number of quaternary nitrogens is 1. The number of nitrogens with one attached hydrogen (secondary N) is 3. The van der Waals surface area contributed by atoms with Crippen LogP contribution in [0.3, 0.4) is 0 Å². The van der Waals surface area contributed by atoms with Gasteiger partial charge in [-0.1, -0.05) is 48.0 Å². The van der Waals surface area contributed by atoms with Crippen molar-refractivity contribution in [1.82, 2.24) is 5.43 Å². The monoisotopic (exact) mass is 395 g/mol. The summed E-state index contributed by atoms with van der Waals surface area (Å²) in [6.07, 6.45) is 0. The number of carbonyl (C=O) groups is 2. The van der Waals surface area contributed by atoms with E-state index in [0.717, 1.165) is 29.9 Å². The van der Waals surface area contributed by atoms with Crippen LogP contribution in [0.4, 0.5) is 5.69 Å². The molecule has 2 aromatic rings. The van der Waals surface area contributed by atoms with Gasteiger partial charge in [-0.15, -0.1) is 0 Å². The molecule has 0 saturated carbocycles. The van der Waals surface area contributed by atoms with E-state index in [1.165, 1.54) is 4.90 Å². The second-order valence-electron chi connectivity index (χ2n) is 7.13.